The molecule has 0 radical (unpaired) electrons. The van der Waals surface area contributed by atoms with E-state index in [2.05, 4.69) is 5.32 Å². The Balaban J connectivity index is 2.78. The van der Waals surface area contributed by atoms with Crippen molar-refractivity contribution < 1.29 is 13.2 Å². The Morgan fingerprint density at radius 1 is 1.38 bits per heavy atom. The smallest absolute Gasteiger partial charge is 0.228 e. The molecule has 120 valence electrons. The SMILES string of the molecule is CC(C)C(C(=O)NC1=CCC(S(N)(=O)=O)C=C1)C(C)(C)C. The molecule has 0 fully saturated rings. The summed E-state index contributed by atoms with van der Waals surface area (Å²) in [7, 11) is -3.57. The molecule has 2 atom stereocenters. The number of allylic oxidation sites excluding steroid dienone is 2. The quantitative estimate of drug-likeness (QED) is 0.831. The molecule has 21 heavy (non-hydrogen) atoms. The lowest BCUT2D eigenvalue weighted by molar-refractivity contribution is -0.129. The van der Waals surface area contributed by atoms with Crippen molar-refractivity contribution in [1.29, 1.82) is 0 Å². The molecule has 1 aliphatic carbocycles. The zero-order valence-electron chi connectivity index (χ0n) is 13.4. The molecule has 6 heteroatoms. The molecular weight excluding hydrogens is 288 g/mol. The monoisotopic (exact) mass is 314 g/mol. The van der Waals surface area contributed by atoms with E-state index >= 15 is 0 Å². The van der Waals surface area contributed by atoms with Gasteiger partial charge in [0.1, 0.15) is 0 Å². The van der Waals surface area contributed by atoms with Gasteiger partial charge in [0.25, 0.3) is 0 Å². The van der Waals surface area contributed by atoms with Gasteiger partial charge in [-0.1, -0.05) is 46.8 Å². The van der Waals surface area contributed by atoms with Crippen LogP contribution in [-0.2, 0) is 14.8 Å². The maximum absolute atomic E-state index is 12.4. The molecule has 0 aromatic carbocycles. The molecule has 0 aliphatic heterocycles. The number of hydrogen-bond donors (Lipinski definition) is 2. The lowest BCUT2D eigenvalue weighted by Gasteiger charge is -2.33. The van der Waals surface area contributed by atoms with Gasteiger partial charge in [0.2, 0.25) is 15.9 Å². The zero-order chi connectivity index (χ0) is 16.4. The number of carbonyl (C=O) groups excluding carboxylic acids is 1. The van der Waals surface area contributed by atoms with Gasteiger partial charge in [-0.2, -0.15) is 0 Å². The van der Waals surface area contributed by atoms with Crippen molar-refractivity contribution in [3.8, 4) is 0 Å². The second-order valence-electron chi connectivity index (χ2n) is 6.96. The number of carbonyl (C=O) groups is 1. The van der Waals surface area contributed by atoms with Crippen LogP contribution in [0.1, 0.15) is 41.0 Å². The third kappa shape index (κ3) is 4.97. The minimum absolute atomic E-state index is 0.0394. The van der Waals surface area contributed by atoms with E-state index in [1.54, 1.807) is 12.2 Å². The average Bonchev–Trinajstić information content (AvgIpc) is 2.25. The van der Waals surface area contributed by atoms with Crippen LogP contribution in [0.15, 0.2) is 23.9 Å². The van der Waals surface area contributed by atoms with Crippen LogP contribution in [-0.4, -0.2) is 19.6 Å². The highest BCUT2D eigenvalue weighted by Gasteiger charge is 2.34. The van der Waals surface area contributed by atoms with E-state index in [4.69, 9.17) is 5.14 Å². The fraction of sp³-hybridized carbons (Fsp3) is 0.667. The van der Waals surface area contributed by atoms with Crippen LogP contribution in [0.25, 0.3) is 0 Å². The average molecular weight is 314 g/mol. The maximum Gasteiger partial charge on any atom is 0.228 e. The highest BCUT2D eigenvalue weighted by atomic mass is 32.2. The van der Waals surface area contributed by atoms with Crippen molar-refractivity contribution in [3.05, 3.63) is 23.9 Å². The maximum atomic E-state index is 12.4. The van der Waals surface area contributed by atoms with Crippen LogP contribution in [0.4, 0.5) is 0 Å². The van der Waals surface area contributed by atoms with Crippen LogP contribution in [0.3, 0.4) is 0 Å². The predicted molar refractivity (Wildman–Crippen MR) is 84.7 cm³/mol. The second kappa shape index (κ2) is 6.32. The molecule has 0 saturated carbocycles. The van der Waals surface area contributed by atoms with E-state index in [9.17, 15) is 13.2 Å². The van der Waals surface area contributed by atoms with E-state index < -0.39 is 15.3 Å². The van der Waals surface area contributed by atoms with Crippen molar-refractivity contribution in [2.24, 2.45) is 22.4 Å². The standard InChI is InChI=1S/C15H26N2O3S/c1-10(2)13(15(3,4)5)14(18)17-11-6-8-12(9-7-11)21(16,19)20/h6-8,10,12-13H,9H2,1-5H3,(H,17,18)(H2,16,19,20). The number of sulfonamides is 1. The number of amides is 1. The first-order chi connectivity index (χ1) is 9.43. The number of hydrogen-bond acceptors (Lipinski definition) is 3. The molecular formula is C15H26N2O3S. The Morgan fingerprint density at radius 3 is 2.29 bits per heavy atom. The van der Waals surface area contributed by atoms with Gasteiger partial charge < -0.3 is 5.32 Å². The minimum atomic E-state index is -3.57. The third-order valence-electron chi connectivity index (χ3n) is 3.63. The van der Waals surface area contributed by atoms with Crippen LogP contribution in [0, 0.1) is 17.3 Å². The molecule has 0 bridgehead atoms. The van der Waals surface area contributed by atoms with E-state index in [1.165, 1.54) is 6.08 Å². The molecule has 3 N–H and O–H groups in total. The number of nitrogens with one attached hydrogen (secondary N) is 1. The third-order valence-corrected chi connectivity index (χ3v) is 4.83. The fourth-order valence-corrected chi connectivity index (χ4v) is 3.52. The van der Waals surface area contributed by atoms with Gasteiger partial charge in [-0.15, -0.1) is 0 Å². The lowest BCUT2D eigenvalue weighted by atomic mass is 9.74. The van der Waals surface area contributed by atoms with Gasteiger partial charge in [0, 0.05) is 11.6 Å². The summed E-state index contributed by atoms with van der Waals surface area (Å²) in [6, 6.07) is 0. The second-order valence-corrected chi connectivity index (χ2v) is 8.74. The van der Waals surface area contributed by atoms with Crippen molar-refractivity contribution in [1.82, 2.24) is 5.32 Å². The Kier molecular flexibility index (Phi) is 5.39. The van der Waals surface area contributed by atoms with Gasteiger partial charge in [-0.25, -0.2) is 13.6 Å². The molecule has 0 aromatic rings. The fourth-order valence-electron chi connectivity index (χ4n) is 2.85. The summed E-state index contributed by atoms with van der Waals surface area (Å²) in [5.74, 6) is 0.0561. The highest BCUT2D eigenvalue weighted by Crippen LogP contribution is 2.32. The summed E-state index contributed by atoms with van der Waals surface area (Å²) in [6.45, 7) is 10.2. The summed E-state index contributed by atoms with van der Waals surface area (Å²) in [5, 5.41) is 7.28. The number of nitrogens with two attached hydrogens (primary N) is 1. The minimum Gasteiger partial charge on any atom is -0.326 e. The lowest BCUT2D eigenvalue weighted by Crippen LogP contribution is -2.40. The van der Waals surface area contributed by atoms with Crippen LogP contribution >= 0.6 is 0 Å². The normalized spacial score (nSPS) is 21.1. The summed E-state index contributed by atoms with van der Waals surface area (Å²) in [5.41, 5.74) is 0.496. The highest BCUT2D eigenvalue weighted by molar-refractivity contribution is 7.89. The Bertz CT molecular complexity index is 554. The summed E-state index contributed by atoms with van der Waals surface area (Å²) < 4.78 is 22.5. The topological polar surface area (TPSA) is 89.3 Å². The molecule has 0 heterocycles. The van der Waals surface area contributed by atoms with Gasteiger partial charge in [0.15, 0.2) is 0 Å². The first-order valence-corrected chi connectivity index (χ1v) is 8.74. The predicted octanol–water partition coefficient (Wildman–Crippen LogP) is 1.92. The first-order valence-electron chi connectivity index (χ1n) is 7.13. The number of primary sulfonamides is 1. The Morgan fingerprint density at radius 2 is 1.95 bits per heavy atom. The van der Waals surface area contributed by atoms with Crippen LogP contribution < -0.4 is 10.5 Å². The largest absolute Gasteiger partial charge is 0.326 e. The van der Waals surface area contributed by atoms with E-state index in [-0.39, 0.29) is 29.6 Å². The molecule has 1 amide bonds. The first kappa shape index (κ1) is 17.9. The summed E-state index contributed by atoms with van der Waals surface area (Å²) in [6.07, 6.45) is 5.11. The van der Waals surface area contributed by atoms with Gasteiger partial charge in [-0.3, -0.25) is 4.79 Å². The molecule has 2 unspecified atom stereocenters. The van der Waals surface area contributed by atoms with Gasteiger partial charge in [-0.05, 0) is 23.8 Å². The molecule has 1 aliphatic rings. The summed E-state index contributed by atoms with van der Waals surface area (Å²) >= 11 is 0. The Hall–Kier alpha value is -1.14. The van der Waals surface area contributed by atoms with E-state index in [0.717, 1.165) is 0 Å². The van der Waals surface area contributed by atoms with Gasteiger partial charge >= 0.3 is 0 Å². The number of rotatable bonds is 4. The van der Waals surface area contributed by atoms with E-state index in [0.29, 0.717) is 5.70 Å². The zero-order valence-corrected chi connectivity index (χ0v) is 14.2. The molecule has 0 aromatic heterocycles. The molecule has 0 saturated heterocycles. The van der Waals surface area contributed by atoms with Crippen molar-refractivity contribution in [2.75, 3.05) is 0 Å². The van der Waals surface area contributed by atoms with E-state index in [1.807, 2.05) is 34.6 Å². The van der Waals surface area contributed by atoms with Gasteiger partial charge in [0.05, 0.1) is 5.25 Å². The van der Waals surface area contributed by atoms with Crippen molar-refractivity contribution in [3.63, 3.8) is 0 Å². The van der Waals surface area contributed by atoms with Crippen LogP contribution in [0.5, 0.6) is 0 Å². The van der Waals surface area contributed by atoms with Crippen LogP contribution in [0.2, 0.25) is 0 Å². The summed E-state index contributed by atoms with van der Waals surface area (Å²) in [4.78, 5) is 12.4. The molecule has 5 nitrogen and oxygen atoms in total. The molecule has 1 rings (SSSR count). The Labute approximate surface area is 127 Å². The molecule has 0 spiro atoms. The van der Waals surface area contributed by atoms with Crippen molar-refractivity contribution >= 4 is 15.9 Å². The van der Waals surface area contributed by atoms with Crippen molar-refractivity contribution in [2.45, 2.75) is 46.3 Å².